The van der Waals surface area contributed by atoms with Gasteiger partial charge in [-0.3, -0.25) is 9.80 Å². The summed E-state index contributed by atoms with van der Waals surface area (Å²) in [6, 6.07) is 9.20. The summed E-state index contributed by atoms with van der Waals surface area (Å²) in [6.45, 7) is 5.90. The van der Waals surface area contributed by atoms with Crippen LogP contribution in [0.15, 0.2) is 34.7 Å². The Labute approximate surface area is 154 Å². The van der Waals surface area contributed by atoms with Gasteiger partial charge in [-0.2, -0.15) is 0 Å². The predicted octanol–water partition coefficient (Wildman–Crippen LogP) is 2.80. The molecule has 0 radical (unpaired) electrons. The molecule has 5 nitrogen and oxygen atoms in total. The lowest BCUT2D eigenvalue weighted by Gasteiger charge is -2.41. The first-order valence-electron chi connectivity index (χ1n) is 9.04. The highest BCUT2D eigenvalue weighted by Crippen LogP contribution is 2.22. The van der Waals surface area contributed by atoms with E-state index in [0.717, 1.165) is 37.7 Å². The molecule has 0 amide bonds. The Kier molecular flexibility index (Phi) is 6.29. The van der Waals surface area contributed by atoms with Crippen molar-refractivity contribution in [3.63, 3.8) is 0 Å². The molecule has 0 spiro atoms. The van der Waals surface area contributed by atoms with Gasteiger partial charge in [-0.1, -0.05) is 6.07 Å². The topological polar surface area (TPSA) is 49.1 Å². The number of nitrogens with zero attached hydrogens (tertiary/aromatic N) is 2. The average molecular weight is 362 g/mol. The minimum absolute atomic E-state index is 0.142. The predicted molar refractivity (Wildman–Crippen MR) is 97.6 cm³/mol. The van der Waals surface area contributed by atoms with E-state index in [9.17, 15) is 9.50 Å². The third-order valence-electron chi connectivity index (χ3n) is 4.96. The first-order valence-corrected chi connectivity index (χ1v) is 9.04. The van der Waals surface area contributed by atoms with Crippen LogP contribution in [0.5, 0.6) is 5.75 Å². The zero-order valence-electron chi connectivity index (χ0n) is 15.4. The molecule has 0 bridgehead atoms. The van der Waals surface area contributed by atoms with Gasteiger partial charge in [-0.05, 0) is 31.5 Å². The van der Waals surface area contributed by atoms with Crippen LogP contribution in [0.3, 0.4) is 0 Å². The smallest absolute Gasteiger partial charge is 0.131 e. The lowest BCUT2D eigenvalue weighted by atomic mass is 10.1. The number of furan rings is 1. The third kappa shape index (κ3) is 4.63. The molecule has 1 unspecified atom stereocenters. The lowest BCUT2D eigenvalue weighted by molar-refractivity contribution is 0.0449. The van der Waals surface area contributed by atoms with E-state index in [1.807, 2.05) is 19.1 Å². The Hall–Kier alpha value is -1.89. The van der Waals surface area contributed by atoms with Gasteiger partial charge >= 0.3 is 0 Å². The largest absolute Gasteiger partial charge is 0.497 e. The van der Waals surface area contributed by atoms with Gasteiger partial charge in [0.05, 0.1) is 13.7 Å². The Morgan fingerprint density at radius 3 is 2.73 bits per heavy atom. The molecule has 142 valence electrons. The fraction of sp³-hybridized carbons (Fsp3) is 0.500. The van der Waals surface area contributed by atoms with Crippen molar-refractivity contribution in [1.82, 2.24) is 9.80 Å². The molecule has 1 aromatic carbocycles. The molecule has 1 saturated heterocycles. The number of benzene rings is 1. The van der Waals surface area contributed by atoms with Crippen molar-refractivity contribution < 1.29 is 18.7 Å². The van der Waals surface area contributed by atoms with E-state index >= 15 is 0 Å². The van der Waals surface area contributed by atoms with Crippen molar-refractivity contribution in [3.8, 4) is 5.75 Å². The number of aliphatic hydroxyl groups is 1. The van der Waals surface area contributed by atoms with Crippen molar-refractivity contribution in [2.75, 3.05) is 33.4 Å². The monoisotopic (exact) mass is 362 g/mol. The molecule has 1 aliphatic rings. The van der Waals surface area contributed by atoms with Gasteiger partial charge < -0.3 is 14.3 Å². The van der Waals surface area contributed by atoms with Crippen molar-refractivity contribution in [2.45, 2.75) is 32.5 Å². The van der Waals surface area contributed by atoms with Gasteiger partial charge in [0.2, 0.25) is 0 Å². The Balaban J connectivity index is 1.63. The highest BCUT2D eigenvalue weighted by molar-refractivity contribution is 5.28. The summed E-state index contributed by atoms with van der Waals surface area (Å²) in [5, 5.41) is 9.44. The van der Waals surface area contributed by atoms with E-state index in [2.05, 4.69) is 9.80 Å². The second-order valence-corrected chi connectivity index (χ2v) is 6.84. The number of hydrogen-bond donors (Lipinski definition) is 1. The second kappa shape index (κ2) is 8.66. The molecule has 1 N–H and O–H groups in total. The number of halogens is 1. The maximum atomic E-state index is 14.2. The maximum Gasteiger partial charge on any atom is 0.131 e. The lowest BCUT2D eigenvalue weighted by Crippen LogP contribution is -2.52. The zero-order chi connectivity index (χ0) is 18.5. The minimum atomic E-state index is -0.239. The molecule has 0 aliphatic carbocycles. The first-order chi connectivity index (χ1) is 12.6. The van der Waals surface area contributed by atoms with Crippen LogP contribution < -0.4 is 4.74 Å². The van der Waals surface area contributed by atoms with Gasteiger partial charge in [-0.25, -0.2) is 4.39 Å². The van der Waals surface area contributed by atoms with Crippen molar-refractivity contribution in [3.05, 3.63) is 53.2 Å². The van der Waals surface area contributed by atoms with E-state index in [0.29, 0.717) is 24.3 Å². The van der Waals surface area contributed by atoms with Crippen LogP contribution in [-0.4, -0.2) is 54.3 Å². The maximum absolute atomic E-state index is 14.2. The van der Waals surface area contributed by atoms with Gasteiger partial charge in [0, 0.05) is 50.5 Å². The van der Waals surface area contributed by atoms with E-state index < -0.39 is 0 Å². The molecule has 6 heteroatoms. The number of ether oxygens (including phenoxy) is 1. The zero-order valence-corrected chi connectivity index (χ0v) is 15.4. The second-order valence-electron chi connectivity index (χ2n) is 6.84. The normalized spacial score (nSPS) is 19.0. The van der Waals surface area contributed by atoms with Gasteiger partial charge in [-0.15, -0.1) is 0 Å². The molecule has 1 fully saturated rings. The molecule has 2 heterocycles. The Morgan fingerprint density at radius 1 is 1.23 bits per heavy atom. The van der Waals surface area contributed by atoms with Crippen molar-refractivity contribution in [2.24, 2.45) is 0 Å². The summed E-state index contributed by atoms with van der Waals surface area (Å²) in [7, 11) is 1.54. The summed E-state index contributed by atoms with van der Waals surface area (Å²) in [4.78, 5) is 4.59. The number of methoxy groups -OCH3 is 1. The van der Waals surface area contributed by atoms with Crippen LogP contribution in [-0.2, 0) is 13.1 Å². The number of rotatable bonds is 7. The Bertz CT molecular complexity index is 719. The summed E-state index contributed by atoms with van der Waals surface area (Å²) in [5.74, 6) is 2.15. The van der Waals surface area contributed by atoms with Gasteiger partial charge in [0.15, 0.2) is 0 Å². The molecule has 1 atom stereocenters. The number of aliphatic hydroxyl groups excluding tert-OH is 1. The highest BCUT2D eigenvalue weighted by Gasteiger charge is 2.27. The molecule has 26 heavy (non-hydrogen) atoms. The van der Waals surface area contributed by atoms with Crippen LogP contribution in [0.2, 0.25) is 0 Å². The molecular formula is C20H27FN2O3. The molecule has 1 aliphatic heterocycles. The van der Waals surface area contributed by atoms with Crippen LogP contribution in [0.4, 0.5) is 4.39 Å². The highest BCUT2D eigenvalue weighted by atomic mass is 19.1. The SMILES string of the molecule is COc1ccc(CN2CCN(Cc3ccc(C)o3)C(CCO)C2)c(F)c1. The van der Waals surface area contributed by atoms with Gasteiger partial charge in [0.25, 0.3) is 0 Å². The molecule has 1 aromatic heterocycles. The third-order valence-corrected chi connectivity index (χ3v) is 4.96. The van der Waals surface area contributed by atoms with Crippen LogP contribution >= 0.6 is 0 Å². The fourth-order valence-electron chi connectivity index (χ4n) is 3.53. The average Bonchev–Trinajstić information content (AvgIpc) is 3.04. The summed E-state index contributed by atoms with van der Waals surface area (Å²) < 4.78 is 25.0. The number of piperazine rings is 1. The molecule has 3 rings (SSSR count). The van der Waals surface area contributed by atoms with E-state index in [-0.39, 0.29) is 18.5 Å². The molecular weight excluding hydrogens is 335 g/mol. The number of aryl methyl sites for hydroxylation is 1. The Morgan fingerprint density at radius 2 is 2.08 bits per heavy atom. The van der Waals surface area contributed by atoms with E-state index in [4.69, 9.17) is 9.15 Å². The minimum Gasteiger partial charge on any atom is -0.497 e. The molecule has 2 aromatic rings. The summed E-state index contributed by atoms with van der Waals surface area (Å²) in [5.41, 5.74) is 0.670. The van der Waals surface area contributed by atoms with Crippen molar-refractivity contribution in [1.29, 1.82) is 0 Å². The fourth-order valence-corrected chi connectivity index (χ4v) is 3.53. The van der Waals surface area contributed by atoms with E-state index in [1.165, 1.54) is 13.2 Å². The summed E-state index contributed by atoms with van der Waals surface area (Å²) in [6.07, 6.45) is 0.696. The van der Waals surface area contributed by atoms with Crippen LogP contribution in [0, 0.1) is 12.7 Å². The number of hydrogen-bond acceptors (Lipinski definition) is 5. The quantitative estimate of drug-likeness (QED) is 0.821. The molecule has 0 saturated carbocycles. The first kappa shape index (κ1) is 18.9. The van der Waals surface area contributed by atoms with Crippen LogP contribution in [0.25, 0.3) is 0 Å². The standard InChI is InChI=1S/C20H27FN2O3/c1-15-3-5-19(26-15)14-23-9-8-22(13-17(23)7-10-24)12-16-4-6-18(25-2)11-20(16)21/h3-6,11,17,24H,7-10,12-14H2,1-2H3. The van der Waals surface area contributed by atoms with Gasteiger partial charge in [0.1, 0.15) is 23.1 Å². The summed E-state index contributed by atoms with van der Waals surface area (Å²) >= 11 is 0. The van der Waals surface area contributed by atoms with Crippen molar-refractivity contribution >= 4 is 0 Å². The van der Waals surface area contributed by atoms with E-state index in [1.54, 1.807) is 12.1 Å². The van der Waals surface area contributed by atoms with Crippen LogP contribution in [0.1, 0.15) is 23.5 Å².